The molecule has 0 spiro atoms. The van der Waals surface area contributed by atoms with E-state index >= 15 is 0 Å². The smallest absolute Gasteiger partial charge is 0.231 e. The molecule has 0 saturated carbocycles. The summed E-state index contributed by atoms with van der Waals surface area (Å²) >= 11 is 0. The lowest BCUT2D eigenvalue weighted by Gasteiger charge is -2.24. The maximum atomic E-state index is 13.1. The molecular weight excluding hydrogens is 542 g/mol. The van der Waals surface area contributed by atoms with Crippen molar-refractivity contribution >= 4 is 9.84 Å². The monoisotopic (exact) mass is 575 g/mol. The van der Waals surface area contributed by atoms with Crippen molar-refractivity contribution < 1.29 is 27.4 Å². The van der Waals surface area contributed by atoms with E-state index in [-0.39, 0.29) is 18.6 Å². The largest absolute Gasteiger partial charge is 0.454 e. The van der Waals surface area contributed by atoms with Crippen molar-refractivity contribution in [3.8, 4) is 34.4 Å². The highest BCUT2D eigenvalue weighted by atomic mass is 32.2. The standard InChI is InChI=1S/C31H33N3O6S/c1-3-4-14-34-25(31(41(2,35)36)32-30(34)24-8-6-5-7-9-24)19-33(17-22-10-12-26-28(15-22)39-20-37-26)18-23-11-13-27-29(16-23)40-21-38-27/h5-13,15-16H,3-4,14,17-21H2,1-2H3. The highest BCUT2D eigenvalue weighted by Gasteiger charge is 2.27. The Kier molecular flexibility index (Phi) is 7.59. The molecule has 0 radical (unpaired) electrons. The molecule has 0 saturated heterocycles. The van der Waals surface area contributed by atoms with Gasteiger partial charge in [-0.2, -0.15) is 0 Å². The third-order valence-electron chi connectivity index (χ3n) is 7.21. The second kappa shape index (κ2) is 11.5. The molecule has 0 fully saturated rings. The molecule has 0 bridgehead atoms. The van der Waals surface area contributed by atoms with E-state index in [9.17, 15) is 8.42 Å². The maximum Gasteiger partial charge on any atom is 0.231 e. The molecule has 0 amide bonds. The predicted molar refractivity (Wildman–Crippen MR) is 154 cm³/mol. The topological polar surface area (TPSA) is 92.1 Å². The van der Waals surface area contributed by atoms with Gasteiger partial charge in [-0.05, 0) is 41.8 Å². The van der Waals surface area contributed by atoms with E-state index < -0.39 is 9.84 Å². The van der Waals surface area contributed by atoms with Crippen LogP contribution in [0.5, 0.6) is 23.0 Å². The second-order valence-electron chi connectivity index (χ2n) is 10.4. The predicted octanol–water partition coefficient (Wildman–Crippen LogP) is 5.41. The summed E-state index contributed by atoms with van der Waals surface area (Å²) in [5, 5.41) is 0.119. The highest BCUT2D eigenvalue weighted by molar-refractivity contribution is 7.90. The number of sulfone groups is 1. The molecule has 6 rings (SSSR count). The molecule has 0 aliphatic carbocycles. The number of nitrogens with zero attached hydrogens (tertiary/aromatic N) is 3. The van der Waals surface area contributed by atoms with Crippen LogP contribution in [0.4, 0.5) is 0 Å². The number of imidazole rings is 1. The summed E-state index contributed by atoms with van der Waals surface area (Å²) in [5.41, 5.74) is 3.62. The van der Waals surface area contributed by atoms with Crippen molar-refractivity contribution in [3.63, 3.8) is 0 Å². The number of ether oxygens (including phenoxy) is 4. The molecule has 214 valence electrons. The lowest BCUT2D eigenvalue weighted by atomic mass is 10.1. The van der Waals surface area contributed by atoms with E-state index in [4.69, 9.17) is 23.9 Å². The van der Waals surface area contributed by atoms with Gasteiger partial charge >= 0.3 is 0 Å². The van der Waals surface area contributed by atoms with Crippen LogP contribution in [0.1, 0.15) is 36.6 Å². The zero-order chi connectivity index (χ0) is 28.4. The third kappa shape index (κ3) is 5.89. The molecule has 1 aromatic heterocycles. The van der Waals surface area contributed by atoms with Gasteiger partial charge in [-0.25, -0.2) is 13.4 Å². The van der Waals surface area contributed by atoms with Crippen molar-refractivity contribution in [2.75, 3.05) is 19.8 Å². The lowest BCUT2D eigenvalue weighted by Crippen LogP contribution is -2.25. The average Bonchev–Trinajstić information content (AvgIpc) is 3.70. The molecule has 3 heterocycles. The Bertz CT molecular complexity index is 1590. The number of hydrogen-bond acceptors (Lipinski definition) is 8. The van der Waals surface area contributed by atoms with Crippen molar-refractivity contribution in [1.29, 1.82) is 0 Å². The number of aromatic nitrogens is 2. The van der Waals surface area contributed by atoms with Crippen LogP contribution in [0.25, 0.3) is 11.4 Å². The van der Waals surface area contributed by atoms with Crippen LogP contribution in [0.15, 0.2) is 71.8 Å². The van der Waals surface area contributed by atoms with Crippen molar-refractivity contribution in [3.05, 3.63) is 83.6 Å². The Morgan fingerprint density at radius 2 is 1.39 bits per heavy atom. The van der Waals surface area contributed by atoms with Crippen LogP contribution >= 0.6 is 0 Å². The van der Waals surface area contributed by atoms with Crippen LogP contribution in [0.3, 0.4) is 0 Å². The van der Waals surface area contributed by atoms with Crippen molar-refractivity contribution in [2.45, 2.75) is 51.0 Å². The molecule has 3 aromatic carbocycles. The summed E-state index contributed by atoms with van der Waals surface area (Å²) < 4.78 is 50.6. The molecule has 2 aliphatic heterocycles. The van der Waals surface area contributed by atoms with Gasteiger partial charge in [0.15, 0.2) is 37.9 Å². The summed E-state index contributed by atoms with van der Waals surface area (Å²) in [7, 11) is -3.61. The van der Waals surface area contributed by atoms with Gasteiger partial charge in [-0.15, -0.1) is 0 Å². The van der Waals surface area contributed by atoms with Crippen LogP contribution in [-0.2, 0) is 36.0 Å². The first-order chi connectivity index (χ1) is 19.9. The highest BCUT2D eigenvalue weighted by Crippen LogP contribution is 2.35. The van der Waals surface area contributed by atoms with Crippen LogP contribution < -0.4 is 18.9 Å². The minimum absolute atomic E-state index is 0.119. The number of hydrogen-bond donors (Lipinski definition) is 0. The molecule has 0 unspecified atom stereocenters. The van der Waals surface area contributed by atoms with Gasteiger partial charge in [-0.1, -0.05) is 55.8 Å². The molecule has 4 aromatic rings. The van der Waals surface area contributed by atoms with E-state index in [1.54, 1.807) is 0 Å². The molecule has 10 heteroatoms. The van der Waals surface area contributed by atoms with Crippen LogP contribution in [0, 0.1) is 0 Å². The zero-order valence-electron chi connectivity index (χ0n) is 23.2. The van der Waals surface area contributed by atoms with E-state index in [0.29, 0.717) is 49.2 Å². The minimum Gasteiger partial charge on any atom is -0.454 e. The van der Waals surface area contributed by atoms with E-state index in [2.05, 4.69) is 16.4 Å². The first kappa shape index (κ1) is 27.2. The van der Waals surface area contributed by atoms with Gasteiger partial charge in [0.1, 0.15) is 5.82 Å². The Hall–Kier alpha value is -4.02. The number of benzene rings is 3. The SMILES string of the molecule is CCCCn1c(-c2ccccc2)nc(S(C)(=O)=O)c1CN(Cc1ccc2c(c1)OCO2)Cc1ccc2c(c1)OCO2. The average molecular weight is 576 g/mol. The Balaban J connectivity index is 1.41. The van der Waals surface area contributed by atoms with Crippen LogP contribution in [-0.4, -0.2) is 42.7 Å². The maximum absolute atomic E-state index is 13.1. The molecule has 0 atom stereocenters. The summed E-state index contributed by atoms with van der Waals surface area (Å²) in [6.45, 7) is 4.67. The third-order valence-corrected chi connectivity index (χ3v) is 8.24. The van der Waals surface area contributed by atoms with Gasteiger partial charge in [0.25, 0.3) is 0 Å². The van der Waals surface area contributed by atoms with Gasteiger partial charge in [0, 0.05) is 38.0 Å². The van der Waals surface area contributed by atoms with Gasteiger partial charge in [0.05, 0.1) is 5.69 Å². The summed E-state index contributed by atoms with van der Waals surface area (Å²) in [4.78, 5) is 6.96. The Labute approximate surface area is 240 Å². The summed E-state index contributed by atoms with van der Waals surface area (Å²) in [5.74, 6) is 3.53. The van der Waals surface area contributed by atoms with Gasteiger partial charge < -0.3 is 23.5 Å². The van der Waals surface area contributed by atoms with Gasteiger partial charge in [-0.3, -0.25) is 4.90 Å². The summed E-state index contributed by atoms with van der Waals surface area (Å²) in [6, 6.07) is 21.6. The first-order valence-electron chi connectivity index (χ1n) is 13.7. The van der Waals surface area contributed by atoms with E-state index in [1.165, 1.54) is 6.26 Å². The quantitative estimate of drug-likeness (QED) is 0.234. The van der Waals surface area contributed by atoms with Gasteiger partial charge in [0.2, 0.25) is 13.6 Å². The van der Waals surface area contributed by atoms with Crippen LogP contribution in [0.2, 0.25) is 0 Å². The zero-order valence-corrected chi connectivity index (χ0v) is 24.0. The number of rotatable bonds is 11. The summed E-state index contributed by atoms with van der Waals surface area (Å²) in [6.07, 6.45) is 3.10. The molecule has 41 heavy (non-hydrogen) atoms. The first-order valence-corrected chi connectivity index (χ1v) is 15.6. The number of unbranched alkanes of at least 4 members (excludes halogenated alkanes) is 1. The fourth-order valence-corrected chi connectivity index (χ4v) is 6.11. The Morgan fingerprint density at radius 1 is 0.805 bits per heavy atom. The van der Waals surface area contributed by atoms with E-state index in [0.717, 1.165) is 41.0 Å². The normalized spacial score (nSPS) is 13.7. The van der Waals surface area contributed by atoms with E-state index in [1.807, 2.05) is 66.7 Å². The molecular formula is C31H33N3O6S. The molecule has 2 aliphatic rings. The molecule has 9 nitrogen and oxygen atoms in total. The number of fused-ring (bicyclic) bond motifs is 2. The lowest BCUT2D eigenvalue weighted by molar-refractivity contribution is 0.173. The molecule has 0 N–H and O–H groups in total. The Morgan fingerprint density at radius 3 is 1.95 bits per heavy atom. The van der Waals surface area contributed by atoms with Crippen molar-refractivity contribution in [2.24, 2.45) is 0 Å². The van der Waals surface area contributed by atoms with Crippen molar-refractivity contribution in [1.82, 2.24) is 14.5 Å². The fraction of sp³-hybridized carbons (Fsp3) is 0.323. The minimum atomic E-state index is -3.61. The fourth-order valence-electron chi connectivity index (χ4n) is 5.25. The second-order valence-corrected chi connectivity index (χ2v) is 12.3.